The Hall–Kier alpha value is -2.00. The average molecular weight is 291 g/mol. The van der Waals surface area contributed by atoms with E-state index >= 15 is 0 Å². The fourth-order valence-corrected chi connectivity index (χ4v) is 1.83. The predicted molar refractivity (Wildman–Crippen MR) is 78.9 cm³/mol. The van der Waals surface area contributed by atoms with Gasteiger partial charge in [0.2, 0.25) is 0 Å². The molecular weight excluding hydrogens is 276 g/mol. The van der Waals surface area contributed by atoms with Gasteiger partial charge in [-0.1, -0.05) is 23.7 Å². The van der Waals surface area contributed by atoms with Crippen molar-refractivity contribution in [2.45, 2.75) is 6.42 Å². The van der Waals surface area contributed by atoms with Crippen LogP contribution in [0.15, 0.2) is 48.5 Å². The molecule has 104 valence electrons. The number of aldehydes is 1. The molecule has 20 heavy (non-hydrogen) atoms. The molecule has 0 N–H and O–H groups in total. The Bertz CT molecular complexity index is 552. The van der Waals surface area contributed by atoms with E-state index in [9.17, 15) is 4.79 Å². The van der Waals surface area contributed by atoms with Crippen LogP contribution in [0.4, 0.5) is 0 Å². The number of carbonyl (C=O) groups is 1. The van der Waals surface area contributed by atoms with Crippen molar-refractivity contribution in [3.63, 3.8) is 0 Å². The summed E-state index contributed by atoms with van der Waals surface area (Å²) in [5.74, 6) is 1.43. The van der Waals surface area contributed by atoms with Gasteiger partial charge in [-0.05, 0) is 36.4 Å². The first-order valence-electron chi connectivity index (χ1n) is 6.35. The smallest absolute Gasteiger partial charge is 0.150 e. The molecule has 0 fully saturated rings. The van der Waals surface area contributed by atoms with Crippen LogP contribution in [0.5, 0.6) is 11.5 Å². The molecule has 0 heterocycles. The molecule has 0 spiro atoms. The first kappa shape index (κ1) is 14.4. The average Bonchev–Trinajstić information content (AvgIpc) is 2.49. The predicted octanol–water partition coefficient (Wildman–Crippen LogP) is 4.00. The van der Waals surface area contributed by atoms with Crippen LogP contribution in [0.25, 0.3) is 0 Å². The molecule has 0 bridgehead atoms. The SMILES string of the molecule is O=Cc1ccc(OCCCOc2ccccc2Cl)cc1. The molecular formula is C16H15ClO3. The molecule has 2 aromatic carbocycles. The lowest BCUT2D eigenvalue weighted by Gasteiger charge is -2.09. The van der Waals surface area contributed by atoms with Gasteiger partial charge in [-0.3, -0.25) is 4.79 Å². The number of ether oxygens (including phenoxy) is 2. The third-order valence-corrected chi connectivity index (χ3v) is 2.98. The van der Waals surface area contributed by atoms with Crippen molar-refractivity contribution in [1.29, 1.82) is 0 Å². The summed E-state index contributed by atoms with van der Waals surface area (Å²) in [7, 11) is 0. The minimum atomic E-state index is 0.538. The molecule has 0 aliphatic rings. The van der Waals surface area contributed by atoms with Crippen LogP contribution in [0.2, 0.25) is 5.02 Å². The fourth-order valence-electron chi connectivity index (χ4n) is 1.64. The van der Waals surface area contributed by atoms with Gasteiger partial charge in [0.25, 0.3) is 0 Å². The molecule has 0 atom stereocenters. The lowest BCUT2D eigenvalue weighted by atomic mass is 10.2. The number of halogens is 1. The summed E-state index contributed by atoms with van der Waals surface area (Å²) in [6.07, 6.45) is 1.56. The van der Waals surface area contributed by atoms with E-state index in [0.29, 0.717) is 29.5 Å². The van der Waals surface area contributed by atoms with Crippen LogP contribution < -0.4 is 9.47 Å². The third kappa shape index (κ3) is 4.28. The summed E-state index contributed by atoms with van der Waals surface area (Å²) in [6.45, 7) is 1.08. The van der Waals surface area contributed by atoms with Crippen LogP contribution in [-0.2, 0) is 0 Å². The van der Waals surface area contributed by atoms with Crippen LogP contribution >= 0.6 is 11.6 Å². The number of hydrogen-bond acceptors (Lipinski definition) is 3. The molecule has 0 saturated heterocycles. The zero-order valence-electron chi connectivity index (χ0n) is 10.9. The largest absolute Gasteiger partial charge is 0.493 e. The molecule has 4 heteroatoms. The standard InChI is InChI=1S/C16H15ClO3/c17-15-4-1-2-5-16(15)20-11-3-10-19-14-8-6-13(12-18)7-9-14/h1-2,4-9,12H,3,10-11H2. The van der Waals surface area contributed by atoms with Crippen molar-refractivity contribution in [2.75, 3.05) is 13.2 Å². The van der Waals surface area contributed by atoms with Crippen LogP contribution in [0, 0.1) is 0 Å². The molecule has 2 aromatic rings. The van der Waals surface area contributed by atoms with E-state index in [0.717, 1.165) is 18.5 Å². The Kier molecular flexibility index (Phi) is 5.44. The maximum Gasteiger partial charge on any atom is 0.150 e. The second kappa shape index (κ2) is 7.56. The van der Waals surface area contributed by atoms with Gasteiger partial charge in [0.05, 0.1) is 18.2 Å². The van der Waals surface area contributed by atoms with E-state index in [1.807, 2.05) is 18.2 Å². The summed E-state index contributed by atoms with van der Waals surface area (Å²) in [5.41, 5.74) is 0.638. The quantitative estimate of drug-likeness (QED) is 0.571. The monoisotopic (exact) mass is 290 g/mol. The zero-order chi connectivity index (χ0) is 14.2. The maximum absolute atomic E-state index is 10.5. The number of para-hydroxylation sites is 1. The number of benzene rings is 2. The van der Waals surface area contributed by atoms with Crippen LogP contribution in [0.1, 0.15) is 16.8 Å². The molecule has 0 aliphatic carbocycles. The molecule has 0 amide bonds. The first-order valence-corrected chi connectivity index (χ1v) is 6.73. The Morgan fingerprint density at radius 3 is 2.35 bits per heavy atom. The van der Waals surface area contributed by atoms with Gasteiger partial charge in [-0.15, -0.1) is 0 Å². The molecule has 3 nitrogen and oxygen atoms in total. The Labute approximate surface area is 123 Å². The number of carbonyl (C=O) groups excluding carboxylic acids is 1. The van der Waals surface area contributed by atoms with E-state index in [1.54, 1.807) is 30.3 Å². The highest BCUT2D eigenvalue weighted by Crippen LogP contribution is 2.23. The summed E-state index contributed by atoms with van der Waals surface area (Å²) < 4.78 is 11.1. The summed E-state index contributed by atoms with van der Waals surface area (Å²) in [6, 6.07) is 14.4. The van der Waals surface area contributed by atoms with Crippen LogP contribution in [0.3, 0.4) is 0 Å². The summed E-state index contributed by atoms with van der Waals surface area (Å²) in [5, 5.41) is 0.609. The Balaban J connectivity index is 1.68. The molecule has 2 rings (SSSR count). The van der Waals surface area contributed by atoms with Gasteiger partial charge >= 0.3 is 0 Å². The van der Waals surface area contributed by atoms with Crippen molar-refractivity contribution in [2.24, 2.45) is 0 Å². The molecule has 0 aliphatic heterocycles. The highest BCUT2D eigenvalue weighted by molar-refractivity contribution is 6.32. The molecule has 0 unspecified atom stereocenters. The van der Waals surface area contributed by atoms with Gasteiger partial charge in [0.1, 0.15) is 17.8 Å². The summed E-state index contributed by atoms with van der Waals surface area (Å²) >= 11 is 5.98. The van der Waals surface area contributed by atoms with E-state index in [2.05, 4.69) is 0 Å². The van der Waals surface area contributed by atoms with Crippen molar-refractivity contribution >= 4 is 17.9 Å². The number of rotatable bonds is 7. The first-order chi connectivity index (χ1) is 9.79. The molecule has 0 aromatic heterocycles. The van der Waals surface area contributed by atoms with E-state index in [-0.39, 0.29) is 0 Å². The minimum absolute atomic E-state index is 0.538. The zero-order valence-corrected chi connectivity index (χ0v) is 11.7. The van der Waals surface area contributed by atoms with E-state index in [4.69, 9.17) is 21.1 Å². The minimum Gasteiger partial charge on any atom is -0.493 e. The van der Waals surface area contributed by atoms with E-state index < -0.39 is 0 Å². The van der Waals surface area contributed by atoms with Crippen molar-refractivity contribution in [3.8, 4) is 11.5 Å². The fraction of sp³-hybridized carbons (Fsp3) is 0.188. The van der Waals surface area contributed by atoms with Gasteiger partial charge in [0, 0.05) is 12.0 Å². The lowest BCUT2D eigenvalue weighted by Crippen LogP contribution is -2.05. The van der Waals surface area contributed by atoms with Gasteiger partial charge in [0.15, 0.2) is 0 Å². The van der Waals surface area contributed by atoms with Gasteiger partial charge < -0.3 is 9.47 Å². The third-order valence-electron chi connectivity index (χ3n) is 2.67. The van der Waals surface area contributed by atoms with Crippen molar-refractivity contribution < 1.29 is 14.3 Å². The topological polar surface area (TPSA) is 35.5 Å². The Morgan fingerprint density at radius 2 is 1.65 bits per heavy atom. The Morgan fingerprint density at radius 1 is 0.950 bits per heavy atom. The maximum atomic E-state index is 10.5. The highest BCUT2D eigenvalue weighted by atomic mass is 35.5. The van der Waals surface area contributed by atoms with Gasteiger partial charge in [-0.25, -0.2) is 0 Å². The number of hydrogen-bond donors (Lipinski definition) is 0. The summed E-state index contributed by atoms with van der Waals surface area (Å²) in [4.78, 5) is 10.5. The van der Waals surface area contributed by atoms with Crippen molar-refractivity contribution in [3.05, 3.63) is 59.1 Å². The second-order valence-electron chi connectivity index (χ2n) is 4.17. The molecule has 0 radical (unpaired) electrons. The van der Waals surface area contributed by atoms with Gasteiger partial charge in [-0.2, -0.15) is 0 Å². The van der Waals surface area contributed by atoms with Crippen molar-refractivity contribution in [1.82, 2.24) is 0 Å². The van der Waals surface area contributed by atoms with Crippen LogP contribution in [-0.4, -0.2) is 19.5 Å². The normalized spacial score (nSPS) is 10.1. The molecule has 0 saturated carbocycles. The highest BCUT2D eigenvalue weighted by Gasteiger charge is 1.99. The lowest BCUT2D eigenvalue weighted by molar-refractivity contribution is 0.112. The second-order valence-corrected chi connectivity index (χ2v) is 4.57. The van der Waals surface area contributed by atoms with E-state index in [1.165, 1.54) is 0 Å².